The molecule has 0 spiro atoms. The molecule has 5 heteroatoms. The van der Waals surface area contributed by atoms with Crippen molar-refractivity contribution in [3.63, 3.8) is 0 Å². The highest BCUT2D eigenvalue weighted by molar-refractivity contribution is 5.85. The molecule has 4 rings (SSSR count). The quantitative estimate of drug-likeness (QED) is 0.398. The molecule has 0 N–H and O–H groups in total. The minimum atomic E-state index is 0. The summed E-state index contributed by atoms with van der Waals surface area (Å²) in [6.07, 6.45) is 10.8. The van der Waals surface area contributed by atoms with Crippen LogP contribution in [0.4, 0.5) is 11.4 Å². The van der Waals surface area contributed by atoms with Gasteiger partial charge in [-0.15, -0.1) is 12.4 Å². The van der Waals surface area contributed by atoms with Crippen LogP contribution in [0.25, 0.3) is 0 Å². The lowest BCUT2D eigenvalue weighted by molar-refractivity contribution is 0.0819. The zero-order valence-electron chi connectivity index (χ0n) is 23.2. The van der Waals surface area contributed by atoms with Crippen molar-refractivity contribution >= 4 is 23.8 Å². The number of halogens is 1. The van der Waals surface area contributed by atoms with E-state index >= 15 is 0 Å². The molecule has 2 heterocycles. The summed E-state index contributed by atoms with van der Waals surface area (Å²) in [5.41, 5.74) is 5.05. The summed E-state index contributed by atoms with van der Waals surface area (Å²) in [6, 6.07) is 7.48. The van der Waals surface area contributed by atoms with Gasteiger partial charge in [0.05, 0.1) is 6.10 Å². The maximum absolute atomic E-state index is 5.63. The largest absolute Gasteiger partial charge is 0.381 e. The van der Waals surface area contributed by atoms with E-state index in [0.717, 1.165) is 31.8 Å². The van der Waals surface area contributed by atoms with Crippen molar-refractivity contribution in [2.75, 3.05) is 62.7 Å². The third-order valence-corrected chi connectivity index (χ3v) is 9.08. The van der Waals surface area contributed by atoms with Crippen LogP contribution in [0, 0.1) is 11.3 Å². The number of unbranched alkanes of at least 4 members (excludes halogenated alkanes) is 1. The molecule has 1 aliphatic carbocycles. The maximum Gasteiger partial charge on any atom is 0.0605 e. The Morgan fingerprint density at radius 3 is 2.09 bits per heavy atom. The Hall–Kier alpha value is -0.970. The number of benzene rings is 1. The van der Waals surface area contributed by atoms with E-state index in [-0.39, 0.29) is 12.4 Å². The predicted octanol–water partition coefficient (Wildman–Crippen LogP) is 6.97. The van der Waals surface area contributed by atoms with Gasteiger partial charge in [-0.1, -0.05) is 34.1 Å². The molecule has 200 valence electrons. The van der Waals surface area contributed by atoms with Gasteiger partial charge in [0.1, 0.15) is 0 Å². The summed E-state index contributed by atoms with van der Waals surface area (Å²) in [4.78, 5) is 7.98. The molecule has 1 aromatic carbocycles. The summed E-state index contributed by atoms with van der Waals surface area (Å²) in [5, 5.41) is 0. The number of hydrogen-bond donors (Lipinski definition) is 0. The smallest absolute Gasteiger partial charge is 0.0605 e. The van der Waals surface area contributed by atoms with E-state index in [0.29, 0.717) is 17.4 Å². The van der Waals surface area contributed by atoms with Gasteiger partial charge >= 0.3 is 0 Å². The molecule has 35 heavy (non-hydrogen) atoms. The SMILES string of the molecule is CCCCN1CCN(c2ccc(N3CCC(OC)CC3)cc2C2CCC(C(C)(C)C)CC2)CC1.Cl. The highest BCUT2D eigenvalue weighted by Crippen LogP contribution is 2.46. The number of anilines is 2. The molecule has 3 aliphatic rings. The second-order valence-electron chi connectivity index (χ2n) is 12.3. The Bertz CT molecular complexity index is 755. The topological polar surface area (TPSA) is 19.0 Å². The predicted molar refractivity (Wildman–Crippen MR) is 154 cm³/mol. The van der Waals surface area contributed by atoms with Gasteiger partial charge in [0, 0.05) is 57.8 Å². The normalized spacial score (nSPS) is 24.9. The van der Waals surface area contributed by atoms with Crippen molar-refractivity contribution in [1.82, 2.24) is 4.90 Å². The van der Waals surface area contributed by atoms with Gasteiger partial charge in [-0.05, 0) is 92.5 Å². The molecule has 1 aromatic rings. The van der Waals surface area contributed by atoms with Crippen molar-refractivity contribution in [1.29, 1.82) is 0 Å². The fourth-order valence-corrected chi connectivity index (χ4v) is 6.57. The third kappa shape index (κ3) is 7.29. The summed E-state index contributed by atoms with van der Waals surface area (Å²) in [7, 11) is 1.86. The van der Waals surface area contributed by atoms with Gasteiger partial charge in [-0.3, -0.25) is 4.90 Å². The molecule has 0 amide bonds. The van der Waals surface area contributed by atoms with Gasteiger partial charge in [-0.25, -0.2) is 0 Å². The van der Waals surface area contributed by atoms with Gasteiger partial charge in [0.2, 0.25) is 0 Å². The molecule has 2 aliphatic heterocycles. The van der Waals surface area contributed by atoms with Gasteiger partial charge in [0.25, 0.3) is 0 Å². The van der Waals surface area contributed by atoms with Crippen molar-refractivity contribution in [2.24, 2.45) is 11.3 Å². The molecule has 1 saturated carbocycles. The first kappa shape index (κ1) is 28.6. The fraction of sp³-hybridized carbons (Fsp3) is 0.800. The minimum absolute atomic E-state index is 0. The second-order valence-corrected chi connectivity index (χ2v) is 12.3. The average molecular weight is 506 g/mol. The van der Waals surface area contributed by atoms with Crippen molar-refractivity contribution in [2.45, 2.75) is 91.1 Å². The number of ether oxygens (including phenoxy) is 1. The first-order chi connectivity index (χ1) is 16.4. The molecule has 2 saturated heterocycles. The zero-order valence-corrected chi connectivity index (χ0v) is 24.0. The van der Waals surface area contributed by atoms with E-state index in [1.165, 1.54) is 82.6 Å². The fourth-order valence-electron chi connectivity index (χ4n) is 6.57. The van der Waals surface area contributed by atoms with E-state index < -0.39 is 0 Å². The Balaban J connectivity index is 0.00000342. The van der Waals surface area contributed by atoms with Crippen LogP contribution in [-0.4, -0.2) is 63.9 Å². The van der Waals surface area contributed by atoms with Gasteiger partial charge < -0.3 is 14.5 Å². The molecule has 0 unspecified atom stereocenters. The monoisotopic (exact) mass is 505 g/mol. The number of piperazine rings is 1. The van der Waals surface area contributed by atoms with Crippen molar-refractivity contribution in [3.05, 3.63) is 23.8 Å². The molecule has 3 fully saturated rings. The molecule has 0 bridgehead atoms. The lowest BCUT2D eigenvalue weighted by atomic mass is 9.68. The van der Waals surface area contributed by atoms with E-state index in [4.69, 9.17) is 4.74 Å². The summed E-state index contributed by atoms with van der Waals surface area (Å²) in [6.45, 7) is 17.9. The Labute approximate surface area is 222 Å². The molecule has 0 radical (unpaired) electrons. The minimum Gasteiger partial charge on any atom is -0.381 e. The molecule has 4 nitrogen and oxygen atoms in total. The van der Waals surface area contributed by atoms with Crippen LogP contribution in [0.1, 0.15) is 90.5 Å². The van der Waals surface area contributed by atoms with Crippen LogP contribution in [0.2, 0.25) is 0 Å². The number of rotatable bonds is 7. The Kier molecular flexibility index (Phi) is 10.6. The Morgan fingerprint density at radius 2 is 1.51 bits per heavy atom. The Morgan fingerprint density at radius 1 is 0.857 bits per heavy atom. The molecular formula is C30H52ClN3O. The number of piperidine rings is 1. The highest BCUT2D eigenvalue weighted by Gasteiger charge is 2.32. The van der Waals surface area contributed by atoms with E-state index in [9.17, 15) is 0 Å². The van der Waals surface area contributed by atoms with Crippen LogP contribution >= 0.6 is 12.4 Å². The molecular weight excluding hydrogens is 454 g/mol. The van der Waals surface area contributed by atoms with Crippen LogP contribution in [0.15, 0.2) is 18.2 Å². The van der Waals surface area contributed by atoms with Crippen molar-refractivity contribution < 1.29 is 4.74 Å². The first-order valence-corrected chi connectivity index (χ1v) is 14.3. The number of methoxy groups -OCH3 is 1. The van der Waals surface area contributed by atoms with Gasteiger partial charge in [0.15, 0.2) is 0 Å². The van der Waals surface area contributed by atoms with E-state index in [2.05, 4.69) is 60.6 Å². The molecule has 0 aromatic heterocycles. The van der Waals surface area contributed by atoms with Crippen LogP contribution in [0.3, 0.4) is 0 Å². The summed E-state index contributed by atoms with van der Waals surface area (Å²) in [5.74, 6) is 1.58. The second kappa shape index (κ2) is 13.0. The zero-order chi connectivity index (χ0) is 24.1. The maximum atomic E-state index is 5.63. The van der Waals surface area contributed by atoms with Crippen molar-refractivity contribution in [3.8, 4) is 0 Å². The number of hydrogen-bond acceptors (Lipinski definition) is 4. The van der Waals surface area contributed by atoms with E-state index in [1.807, 2.05) is 7.11 Å². The lowest BCUT2D eigenvalue weighted by Crippen LogP contribution is -2.47. The molecule has 0 atom stereocenters. The standard InChI is InChI=1S/C30H51N3O.ClH/c1-6-7-16-31-19-21-33(22-20-31)29-13-12-26(32-17-14-27(34-5)15-18-32)23-28(29)24-8-10-25(11-9-24)30(2,3)4;/h12-13,23-25,27H,6-11,14-22H2,1-5H3;1H. The summed E-state index contributed by atoms with van der Waals surface area (Å²) >= 11 is 0. The average Bonchev–Trinajstić information content (AvgIpc) is 2.87. The number of nitrogens with zero attached hydrogens (tertiary/aromatic N) is 3. The van der Waals surface area contributed by atoms with Crippen LogP contribution in [-0.2, 0) is 4.74 Å². The lowest BCUT2D eigenvalue weighted by Gasteiger charge is -2.41. The van der Waals surface area contributed by atoms with E-state index in [1.54, 1.807) is 5.56 Å². The summed E-state index contributed by atoms with van der Waals surface area (Å²) < 4.78 is 5.63. The first-order valence-electron chi connectivity index (χ1n) is 14.3. The highest BCUT2D eigenvalue weighted by atomic mass is 35.5. The van der Waals surface area contributed by atoms with Crippen LogP contribution in [0.5, 0.6) is 0 Å². The van der Waals surface area contributed by atoms with Crippen LogP contribution < -0.4 is 9.80 Å². The third-order valence-electron chi connectivity index (χ3n) is 9.08. The van der Waals surface area contributed by atoms with Gasteiger partial charge in [-0.2, -0.15) is 0 Å².